The zero-order chi connectivity index (χ0) is 102. The van der Waals surface area contributed by atoms with Crippen molar-refractivity contribution >= 4 is 81.1 Å². The molecule has 2 spiro atoms. The van der Waals surface area contributed by atoms with Crippen LogP contribution in [0.15, 0.2) is 192 Å². The van der Waals surface area contributed by atoms with Gasteiger partial charge in [-0.25, -0.2) is 0 Å². The molecule has 20 heteroatoms. The van der Waals surface area contributed by atoms with E-state index in [0.29, 0.717) is 41.6 Å². The fraction of sp³-hybridized carbons (Fsp3) is 0.349. The first-order chi connectivity index (χ1) is 70.9. The number of rotatable bonds is 33. The van der Waals surface area contributed by atoms with Crippen LogP contribution in [0, 0.1) is 118 Å². The third kappa shape index (κ3) is 21.0. The van der Waals surface area contributed by atoms with Gasteiger partial charge in [0.2, 0.25) is 0 Å². The maximum atomic E-state index is 13.1. The molecule has 8 aliphatic rings. The van der Waals surface area contributed by atoms with Crippen LogP contribution in [0.4, 0.5) is 0 Å². The van der Waals surface area contributed by atoms with E-state index in [2.05, 4.69) is 265 Å². The molecule has 772 valence electrons. The number of hydrogen-bond acceptors (Lipinski definition) is 20. The van der Waals surface area contributed by atoms with E-state index in [1.807, 2.05) is 84.9 Å². The van der Waals surface area contributed by atoms with E-state index in [1.165, 1.54) is 44.5 Å². The van der Waals surface area contributed by atoms with E-state index < -0.39 is 51.0 Å². The lowest BCUT2D eigenvalue weighted by Gasteiger charge is -2.47. The van der Waals surface area contributed by atoms with Crippen LogP contribution in [0.25, 0.3) is 56.0 Å². The minimum absolute atomic E-state index is 0. The molecule has 0 N–H and O–H groups in total. The summed E-state index contributed by atoms with van der Waals surface area (Å²) >= 11 is 3.42. The monoisotopic (exact) mass is 2010 g/mol. The third-order valence-corrected chi connectivity index (χ3v) is 31.9. The Bertz CT molecular complexity index is 7500. The van der Waals surface area contributed by atoms with Crippen LogP contribution in [-0.4, -0.2) is 106 Å². The summed E-state index contributed by atoms with van der Waals surface area (Å²) in [5.74, 6) is 43.4. The van der Waals surface area contributed by atoms with Crippen molar-refractivity contribution in [1.29, 1.82) is 0 Å². The van der Waals surface area contributed by atoms with Crippen molar-refractivity contribution in [3.8, 4) is 176 Å². The molecule has 0 aromatic heterocycles. The highest BCUT2D eigenvalue weighted by Gasteiger charge is 2.55. The maximum Gasteiger partial charge on any atom is 0.306 e. The van der Waals surface area contributed by atoms with Crippen LogP contribution >= 0.6 is 23.5 Å². The third-order valence-electron chi connectivity index (χ3n) is 29.7. The molecule has 4 aliphatic heterocycles. The average molecular weight is 2010 g/mol. The standard InChI is InChI=1S/C126H114O18S2.17H2/c1-12-17-18-19-20-21-22-23-24-25-26-27-28-29-30-35-72-132-74-76-134-92-50-42-88(43-51-92)126(63-61-98-116-114(100-82-106-108(146-120(9,10)142-106)84-102(100)118(98)144-126)96-37-32-34-39-104(96)124(116)70-66-122(15-4,16-5)67-71-124)90-46-54-94(55-47-90)136-78-80-138-110(128)58-59-112(130)140-86(6)85-139-111(129)57-56-109(127)137-79-77-135-93-52-44-89(45-53-93)125(87-40-48-91(49-41-87)133-75-73-131-11)62-60-97-115-113(99-81-105-107(145-119(7,8)141-105)83-101(99)117(97)143-125)95-36-31-33-38-103(95)123(115)68-64-121(13-2,14-3)65-69-123;;;;;;;;;;;;;;;;;/h1,31-34,36-55,60-63,81-84,86H,13-16,56-59,64-71,73-80,85H2,2-11H3;17*1H. The number of fused-ring (bicyclic) bond motifs is 22. The predicted octanol–water partition coefficient (Wildman–Crippen LogP) is 28.2. The number of carbonyl (C=O) groups excluding carboxylic acids is 4. The van der Waals surface area contributed by atoms with Gasteiger partial charge in [0.1, 0.15) is 111 Å². The van der Waals surface area contributed by atoms with Gasteiger partial charge in [0.25, 0.3) is 0 Å². The SMILES string of the molecule is C#CC#CC#CC#CC#CC#CC#CC#CC#COCCOc1ccc(C2(c3ccc(OCCOC(=O)CCC(=O)OC(C)COC(=O)CCC(=O)OCCOc4ccc(C5(c6ccc(OCCOC)cc6)C=Cc6c7c(c8cc9c(cc8c6O5)SC(C)(C)O9)-c5ccccc5C75CCC(CC)(CC)CC5)cc4)cc3)C=Cc3c4c(c5cc6c(cc5c3O2)SC(C)(C)O6)-c2ccccc2C42CCC(CC)(CC)CC2)cc1.[HH].[HH].[HH].[HH].[HH].[HH].[HH].[HH].[HH].[HH].[HH].[HH].[HH].[HH].[HH].[HH].[HH]. The van der Waals surface area contributed by atoms with Crippen LogP contribution in [0.2, 0.25) is 0 Å². The lowest BCUT2D eigenvalue weighted by Crippen LogP contribution is -2.38. The molecule has 2 saturated carbocycles. The van der Waals surface area contributed by atoms with Gasteiger partial charge in [0.15, 0.2) is 21.1 Å². The second-order valence-corrected chi connectivity index (χ2v) is 42.0. The lowest BCUT2D eigenvalue weighted by molar-refractivity contribution is -0.160. The van der Waals surface area contributed by atoms with Crippen LogP contribution in [-0.2, 0) is 69.6 Å². The highest BCUT2D eigenvalue weighted by atomic mass is 32.2. The molecule has 3 unspecified atom stereocenters. The largest absolute Gasteiger partial charge is 0.491 e. The number of methoxy groups -OCH3 is 1. The first-order valence-corrected chi connectivity index (χ1v) is 51.8. The molecule has 0 saturated heterocycles. The fourth-order valence-electron chi connectivity index (χ4n) is 22.1. The summed E-state index contributed by atoms with van der Waals surface area (Å²) in [4.78, 5) is 53.3. The first kappa shape index (κ1) is 101. The van der Waals surface area contributed by atoms with Crippen molar-refractivity contribution in [2.24, 2.45) is 10.8 Å². The molecule has 4 aliphatic carbocycles. The highest BCUT2D eigenvalue weighted by molar-refractivity contribution is 8.01. The number of ether oxygens (including phenoxy) is 14. The van der Waals surface area contributed by atoms with Crippen LogP contribution in [0.3, 0.4) is 0 Å². The number of benzene rings is 10. The van der Waals surface area contributed by atoms with Crippen molar-refractivity contribution in [2.45, 2.75) is 213 Å². The number of terminal acetylenes is 1. The Morgan fingerprint density at radius 1 is 0.397 bits per heavy atom. The van der Waals surface area contributed by atoms with Gasteiger partial charge in [-0.05, 0) is 284 Å². The van der Waals surface area contributed by atoms with Crippen molar-refractivity contribution in [3.05, 3.63) is 238 Å². The second-order valence-electron chi connectivity index (χ2n) is 38.8. The Balaban J connectivity index is 0.00000781. The van der Waals surface area contributed by atoms with E-state index in [9.17, 15) is 19.2 Å². The molecule has 2 fully saturated rings. The molecule has 0 bridgehead atoms. The van der Waals surface area contributed by atoms with Gasteiger partial charge in [0, 0.05) is 134 Å². The molecule has 18 rings (SSSR count). The summed E-state index contributed by atoms with van der Waals surface area (Å²) in [5.41, 5.74) is 13.9. The molecular formula is C126H148O18S2. The zero-order valence-electron chi connectivity index (χ0n) is 84.0. The number of hydrogen-bond donors (Lipinski definition) is 0. The van der Waals surface area contributed by atoms with E-state index in [1.54, 1.807) is 37.6 Å². The molecule has 3 atom stereocenters. The van der Waals surface area contributed by atoms with Gasteiger partial charge in [-0.3, -0.25) is 19.2 Å². The van der Waals surface area contributed by atoms with Crippen molar-refractivity contribution < 1.29 is 110 Å². The Labute approximate surface area is 889 Å². The molecule has 4 heterocycles. The molecule has 10 aromatic carbocycles. The zero-order valence-corrected chi connectivity index (χ0v) is 85.6. The van der Waals surface area contributed by atoms with Crippen molar-refractivity contribution in [2.75, 3.05) is 66.6 Å². The van der Waals surface area contributed by atoms with E-state index in [4.69, 9.17) is 72.7 Å². The fourth-order valence-corrected chi connectivity index (χ4v) is 24.1. The molecular weight excluding hydrogens is 1870 g/mol. The molecule has 0 amide bonds. The summed E-state index contributed by atoms with van der Waals surface area (Å²) in [7, 11) is 1.65. The van der Waals surface area contributed by atoms with Gasteiger partial charge in [-0.2, -0.15) is 0 Å². The minimum atomic E-state index is -1.19. The Morgan fingerprint density at radius 3 is 1.12 bits per heavy atom. The van der Waals surface area contributed by atoms with Crippen LogP contribution in [0.5, 0.6) is 46.0 Å². The Morgan fingerprint density at radius 2 is 0.747 bits per heavy atom. The van der Waals surface area contributed by atoms with Crippen molar-refractivity contribution in [1.82, 2.24) is 0 Å². The number of thioether (sulfide) groups is 2. The van der Waals surface area contributed by atoms with E-state index in [-0.39, 0.29) is 112 Å². The molecule has 0 radical (unpaired) electrons. The molecule has 146 heavy (non-hydrogen) atoms. The lowest BCUT2D eigenvalue weighted by atomic mass is 9.58. The van der Waals surface area contributed by atoms with Gasteiger partial charge < -0.3 is 66.3 Å². The second kappa shape index (κ2) is 43.9. The Hall–Kier alpha value is -15.0. The average Bonchev–Trinajstić information content (AvgIpc) is 1.52. The summed E-state index contributed by atoms with van der Waals surface area (Å²) in [5, 5.41) is 4.21. The normalized spacial score (nSPS) is 17.7. The summed E-state index contributed by atoms with van der Waals surface area (Å²) in [6, 6.07) is 58.7. The molecule has 10 aromatic rings. The summed E-state index contributed by atoms with van der Waals surface area (Å²) < 4.78 is 86.7. The summed E-state index contributed by atoms with van der Waals surface area (Å²) in [6.07, 6.45) is 27.9. The first-order valence-electron chi connectivity index (χ1n) is 50.2. The van der Waals surface area contributed by atoms with Crippen LogP contribution < -0.4 is 37.9 Å². The Kier molecular flexibility index (Phi) is 30.4. The molecule has 18 nitrogen and oxygen atoms in total. The van der Waals surface area contributed by atoms with Gasteiger partial charge >= 0.3 is 23.9 Å². The van der Waals surface area contributed by atoms with Gasteiger partial charge in [-0.15, -0.1) is 6.42 Å². The quantitative estimate of drug-likeness (QED) is 0.0163. The van der Waals surface area contributed by atoms with Gasteiger partial charge in [-0.1, -0.05) is 186 Å². The van der Waals surface area contributed by atoms with Crippen molar-refractivity contribution in [3.63, 3.8) is 0 Å². The smallest absolute Gasteiger partial charge is 0.306 e. The maximum absolute atomic E-state index is 13.1. The number of carbonyl (C=O) groups is 4. The summed E-state index contributed by atoms with van der Waals surface area (Å²) in [6.45, 7) is 20.2. The van der Waals surface area contributed by atoms with Gasteiger partial charge in [0.05, 0.1) is 42.1 Å². The minimum Gasteiger partial charge on any atom is -0.491 e. The van der Waals surface area contributed by atoms with Crippen LogP contribution in [0.1, 0.15) is 245 Å². The topological polar surface area (TPSA) is 197 Å². The highest BCUT2D eigenvalue weighted by Crippen LogP contribution is 2.69. The number of esters is 4. The van der Waals surface area contributed by atoms with E-state index in [0.717, 1.165) is 165 Å². The van der Waals surface area contributed by atoms with E-state index >= 15 is 0 Å². The predicted molar refractivity (Wildman–Crippen MR) is 605 cm³/mol.